The third-order valence-corrected chi connectivity index (χ3v) is 7.79. The number of hydrogen-bond acceptors (Lipinski definition) is 4. The zero-order valence-corrected chi connectivity index (χ0v) is 17.5. The highest BCUT2D eigenvalue weighted by molar-refractivity contribution is 7.89. The lowest BCUT2D eigenvalue weighted by Crippen LogP contribution is -2.42. The van der Waals surface area contributed by atoms with E-state index in [1.54, 1.807) is 16.4 Å². The summed E-state index contributed by atoms with van der Waals surface area (Å²) < 4.78 is 27.5. The molecule has 6 nitrogen and oxygen atoms in total. The Balaban J connectivity index is 1.73. The predicted molar refractivity (Wildman–Crippen MR) is 108 cm³/mol. The normalized spacial score (nSPS) is 25.6. The molecule has 2 fully saturated rings. The van der Waals surface area contributed by atoms with Gasteiger partial charge in [0.2, 0.25) is 15.9 Å². The summed E-state index contributed by atoms with van der Waals surface area (Å²) in [5.74, 6) is 0.397. The number of nitriles is 1. The summed E-state index contributed by atoms with van der Waals surface area (Å²) in [7, 11) is -3.54. The Bertz CT molecular complexity index is 842. The average Bonchev–Trinajstić information content (AvgIpc) is 2.68. The second-order valence-electron chi connectivity index (χ2n) is 8.50. The summed E-state index contributed by atoms with van der Waals surface area (Å²) in [5, 5.41) is 12.3. The number of sulfonamides is 1. The van der Waals surface area contributed by atoms with Gasteiger partial charge in [0.25, 0.3) is 0 Å². The second kappa shape index (κ2) is 8.22. The molecule has 1 saturated heterocycles. The van der Waals surface area contributed by atoms with Crippen molar-refractivity contribution in [3.63, 3.8) is 0 Å². The molecule has 1 aliphatic heterocycles. The summed E-state index contributed by atoms with van der Waals surface area (Å²) in [5.41, 5.74) is -0.451. The Kier molecular flexibility index (Phi) is 6.11. The molecule has 2 atom stereocenters. The molecule has 3 rings (SSSR count). The molecule has 0 radical (unpaired) electrons. The smallest absolute Gasteiger partial charge is 0.244 e. The van der Waals surface area contributed by atoms with Crippen molar-refractivity contribution < 1.29 is 13.2 Å². The first-order valence-corrected chi connectivity index (χ1v) is 11.5. The number of piperidine rings is 1. The summed E-state index contributed by atoms with van der Waals surface area (Å²) in [6.45, 7) is 5.23. The quantitative estimate of drug-likeness (QED) is 0.829. The van der Waals surface area contributed by atoms with Crippen molar-refractivity contribution in [2.45, 2.75) is 57.3 Å². The van der Waals surface area contributed by atoms with Crippen molar-refractivity contribution >= 4 is 21.6 Å². The zero-order valence-electron chi connectivity index (χ0n) is 16.6. The molecule has 0 aromatic heterocycles. The lowest BCUT2D eigenvalue weighted by molar-refractivity contribution is -0.124. The lowest BCUT2D eigenvalue weighted by Gasteiger charge is -2.34. The van der Waals surface area contributed by atoms with E-state index >= 15 is 0 Å². The molecular weight excluding hydrogens is 374 g/mol. The third kappa shape index (κ3) is 4.23. The Hall–Kier alpha value is -1.91. The maximum Gasteiger partial charge on any atom is 0.244 e. The Morgan fingerprint density at radius 2 is 1.68 bits per heavy atom. The number of carbonyl (C=O) groups is 1. The summed E-state index contributed by atoms with van der Waals surface area (Å²) in [6, 6.07) is 8.50. The van der Waals surface area contributed by atoms with E-state index in [0.717, 1.165) is 25.7 Å². The van der Waals surface area contributed by atoms with Crippen LogP contribution in [0.4, 0.5) is 5.69 Å². The van der Waals surface area contributed by atoms with Crippen LogP contribution in [0.25, 0.3) is 0 Å². The molecule has 1 saturated carbocycles. The van der Waals surface area contributed by atoms with E-state index in [9.17, 15) is 18.5 Å². The van der Waals surface area contributed by atoms with Crippen LogP contribution in [0.15, 0.2) is 29.2 Å². The van der Waals surface area contributed by atoms with Gasteiger partial charge in [-0.25, -0.2) is 8.42 Å². The minimum atomic E-state index is -3.54. The molecule has 1 heterocycles. The fraction of sp³-hybridized carbons (Fsp3) is 0.619. The van der Waals surface area contributed by atoms with Crippen LogP contribution in [-0.2, 0) is 14.8 Å². The number of nitrogens with zero attached hydrogens (tertiary/aromatic N) is 2. The van der Waals surface area contributed by atoms with Crippen molar-refractivity contribution in [1.29, 1.82) is 5.26 Å². The Morgan fingerprint density at radius 1 is 1.11 bits per heavy atom. The molecule has 2 aliphatic rings. The van der Waals surface area contributed by atoms with E-state index in [2.05, 4.69) is 25.2 Å². The SMILES string of the molecule is CC1CC(C)CN(S(=O)(=O)c2ccc(NC(=O)C3(C#N)CCCCC3)cc2)C1. The number of anilines is 1. The first-order valence-electron chi connectivity index (χ1n) is 10.1. The average molecular weight is 404 g/mol. The monoisotopic (exact) mass is 403 g/mol. The largest absolute Gasteiger partial charge is 0.325 e. The van der Waals surface area contributed by atoms with E-state index in [0.29, 0.717) is 43.5 Å². The number of hydrogen-bond donors (Lipinski definition) is 1. The van der Waals surface area contributed by atoms with E-state index in [-0.39, 0.29) is 10.8 Å². The molecule has 2 unspecified atom stereocenters. The minimum absolute atomic E-state index is 0.236. The van der Waals surface area contributed by atoms with Gasteiger partial charge in [0.15, 0.2) is 0 Å². The van der Waals surface area contributed by atoms with Crippen molar-refractivity contribution in [2.75, 3.05) is 18.4 Å². The molecule has 1 aromatic rings. The second-order valence-corrected chi connectivity index (χ2v) is 10.4. The molecule has 0 bridgehead atoms. The summed E-state index contributed by atoms with van der Waals surface area (Å²) in [6.07, 6.45) is 5.00. The lowest BCUT2D eigenvalue weighted by atomic mass is 9.74. The zero-order chi connectivity index (χ0) is 20.4. The topological polar surface area (TPSA) is 90.3 Å². The maximum atomic E-state index is 13.0. The molecular formula is C21H29N3O3S. The number of carbonyl (C=O) groups excluding carboxylic acids is 1. The summed E-state index contributed by atoms with van der Waals surface area (Å²) in [4.78, 5) is 12.9. The van der Waals surface area contributed by atoms with Crippen molar-refractivity contribution in [3.05, 3.63) is 24.3 Å². The van der Waals surface area contributed by atoms with Crippen LogP contribution in [-0.4, -0.2) is 31.7 Å². The van der Waals surface area contributed by atoms with Crippen molar-refractivity contribution in [1.82, 2.24) is 4.31 Å². The predicted octanol–water partition coefficient (Wildman–Crippen LogP) is 3.77. The molecule has 1 N–H and O–H groups in total. The van der Waals surface area contributed by atoms with E-state index in [1.807, 2.05) is 0 Å². The number of benzene rings is 1. The van der Waals surface area contributed by atoms with Crippen molar-refractivity contribution in [2.24, 2.45) is 17.3 Å². The maximum absolute atomic E-state index is 13.0. The fourth-order valence-electron chi connectivity index (χ4n) is 4.46. The van der Waals surface area contributed by atoms with Crippen LogP contribution >= 0.6 is 0 Å². The molecule has 1 amide bonds. The van der Waals surface area contributed by atoms with Crippen LogP contribution in [0, 0.1) is 28.6 Å². The van der Waals surface area contributed by atoms with Gasteiger partial charge in [0.1, 0.15) is 5.41 Å². The van der Waals surface area contributed by atoms with E-state index in [1.165, 1.54) is 12.1 Å². The Labute approximate surface area is 168 Å². The molecule has 1 aliphatic carbocycles. The molecule has 1 aromatic carbocycles. The number of rotatable bonds is 4. The van der Waals surface area contributed by atoms with Crippen LogP contribution in [0.3, 0.4) is 0 Å². The van der Waals surface area contributed by atoms with Gasteiger partial charge in [-0.3, -0.25) is 4.79 Å². The molecule has 0 spiro atoms. The van der Waals surface area contributed by atoms with Crippen molar-refractivity contribution in [3.8, 4) is 6.07 Å². The first-order chi connectivity index (χ1) is 13.3. The minimum Gasteiger partial charge on any atom is -0.325 e. The highest BCUT2D eigenvalue weighted by Crippen LogP contribution is 2.37. The van der Waals surface area contributed by atoms with Gasteiger partial charge < -0.3 is 5.32 Å². The highest BCUT2D eigenvalue weighted by Gasteiger charge is 2.40. The molecule has 7 heteroatoms. The van der Waals surface area contributed by atoms with Gasteiger partial charge in [0.05, 0.1) is 11.0 Å². The third-order valence-electron chi connectivity index (χ3n) is 5.94. The van der Waals surface area contributed by atoms with Crippen LogP contribution in [0.2, 0.25) is 0 Å². The van der Waals surface area contributed by atoms with Gasteiger partial charge in [-0.1, -0.05) is 33.1 Å². The standard InChI is InChI=1S/C21H29N3O3S/c1-16-12-17(2)14-24(13-16)28(26,27)19-8-6-18(7-9-19)23-20(25)21(15-22)10-4-3-5-11-21/h6-9,16-17H,3-5,10-14H2,1-2H3,(H,23,25). The number of nitrogens with one attached hydrogen (secondary N) is 1. The van der Waals surface area contributed by atoms with Crippen LogP contribution in [0.5, 0.6) is 0 Å². The van der Waals surface area contributed by atoms with Gasteiger partial charge in [-0.05, 0) is 55.4 Å². The van der Waals surface area contributed by atoms with Gasteiger partial charge in [-0.2, -0.15) is 9.57 Å². The first kappa shape index (κ1) is 20.8. The van der Waals surface area contributed by atoms with E-state index < -0.39 is 15.4 Å². The Morgan fingerprint density at radius 3 is 2.21 bits per heavy atom. The van der Waals surface area contributed by atoms with Crippen LogP contribution < -0.4 is 5.32 Å². The summed E-state index contributed by atoms with van der Waals surface area (Å²) >= 11 is 0. The van der Waals surface area contributed by atoms with Gasteiger partial charge >= 0.3 is 0 Å². The van der Waals surface area contributed by atoms with Gasteiger partial charge in [0, 0.05) is 18.8 Å². The number of amides is 1. The van der Waals surface area contributed by atoms with Crippen LogP contribution in [0.1, 0.15) is 52.4 Å². The highest BCUT2D eigenvalue weighted by atomic mass is 32.2. The molecule has 28 heavy (non-hydrogen) atoms. The van der Waals surface area contributed by atoms with Gasteiger partial charge in [-0.15, -0.1) is 0 Å². The fourth-order valence-corrected chi connectivity index (χ4v) is 6.14. The molecule has 152 valence electrons. The van der Waals surface area contributed by atoms with E-state index in [4.69, 9.17) is 0 Å².